The van der Waals surface area contributed by atoms with Gasteiger partial charge < -0.3 is 9.64 Å². The van der Waals surface area contributed by atoms with Crippen molar-refractivity contribution >= 4 is 5.82 Å². The zero-order valence-corrected chi connectivity index (χ0v) is 13.9. The molecule has 4 rings (SSSR count). The van der Waals surface area contributed by atoms with Gasteiger partial charge in [-0.2, -0.15) is 10.4 Å². The Morgan fingerprint density at radius 2 is 2.36 bits per heavy atom. The van der Waals surface area contributed by atoms with E-state index < -0.39 is 0 Å². The van der Waals surface area contributed by atoms with Crippen LogP contribution in [-0.2, 0) is 24.3 Å². The van der Waals surface area contributed by atoms with Crippen molar-refractivity contribution in [2.45, 2.75) is 38.5 Å². The minimum Gasteiger partial charge on any atom is -0.376 e. The van der Waals surface area contributed by atoms with Gasteiger partial charge in [0.25, 0.3) is 5.56 Å². The average Bonchev–Trinajstić information content (AvgIpc) is 3.10. The van der Waals surface area contributed by atoms with E-state index in [2.05, 4.69) is 16.1 Å². The summed E-state index contributed by atoms with van der Waals surface area (Å²) in [6.07, 6.45) is 4.36. The molecule has 128 valence electrons. The van der Waals surface area contributed by atoms with Crippen LogP contribution in [0.3, 0.4) is 0 Å². The molecule has 1 atom stereocenters. The van der Waals surface area contributed by atoms with Gasteiger partial charge in [0.1, 0.15) is 11.9 Å². The molecule has 0 aromatic carbocycles. The van der Waals surface area contributed by atoms with E-state index in [0.717, 1.165) is 42.9 Å². The number of pyridine rings is 1. The summed E-state index contributed by atoms with van der Waals surface area (Å²) in [6.45, 7) is 2.53. The number of fused-ring (bicyclic) bond motifs is 1. The van der Waals surface area contributed by atoms with Gasteiger partial charge in [-0.05, 0) is 25.0 Å². The van der Waals surface area contributed by atoms with Gasteiger partial charge in [0.05, 0.1) is 37.1 Å². The summed E-state index contributed by atoms with van der Waals surface area (Å²) in [5.41, 5.74) is 2.49. The normalized spacial score (nSPS) is 19.5. The molecule has 2 aromatic rings. The lowest BCUT2D eigenvalue weighted by Gasteiger charge is -2.28. The first-order valence-electron chi connectivity index (χ1n) is 8.55. The molecule has 7 heteroatoms. The van der Waals surface area contributed by atoms with E-state index in [9.17, 15) is 10.1 Å². The summed E-state index contributed by atoms with van der Waals surface area (Å²) >= 11 is 0. The third-order valence-corrected chi connectivity index (χ3v) is 4.85. The summed E-state index contributed by atoms with van der Waals surface area (Å²) in [4.78, 5) is 18.9. The summed E-state index contributed by atoms with van der Waals surface area (Å²) in [5.74, 6) is 0.731. The summed E-state index contributed by atoms with van der Waals surface area (Å²) < 4.78 is 6.95. The van der Waals surface area contributed by atoms with Crippen LogP contribution < -0.4 is 10.5 Å². The number of aromatic nitrogens is 3. The Labute approximate surface area is 145 Å². The van der Waals surface area contributed by atoms with Crippen molar-refractivity contribution in [1.82, 2.24) is 14.8 Å². The van der Waals surface area contributed by atoms with E-state index in [4.69, 9.17) is 9.72 Å². The van der Waals surface area contributed by atoms with Gasteiger partial charge in [0.15, 0.2) is 0 Å². The third kappa shape index (κ3) is 3.01. The van der Waals surface area contributed by atoms with Crippen LogP contribution >= 0.6 is 0 Å². The highest BCUT2D eigenvalue weighted by molar-refractivity contribution is 5.57. The highest BCUT2D eigenvalue weighted by Gasteiger charge is 2.29. The van der Waals surface area contributed by atoms with E-state index >= 15 is 0 Å². The van der Waals surface area contributed by atoms with Crippen LogP contribution in [0.5, 0.6) is 0 Å². The first-order chi connectivity index (χ1) is 12.3. The van der Waals surface area contributed by atoms with Gasteiger partial charge in [0.2, 0.25) is 0 Å². The maximum atomic E-state index is 12.0. The predicted octanol–water partition coefficient (Wildman–Crippen LogP) is 1.25. The second-order valence-corrected chi connectivity index (χ2v) is 6.41. The molecule has 2 aliphatic rings. The molecule has 0 amide bonds. The van der Waals surface area contributed by atoms with Gasteiger partial charge in [-0.3, -0.25) is 4.79 Å². The number of hydrogen-bond donors (Lipinski definition) is 0. The Kier molecular flexibility index (Phi) is 4.20. The van der Waals surface area contributed by atoms with Crippen LogP contribution in [0.15, 0.2) is 29.2 Å². The third-order valence-electron chi connectivity index (χ3n) is 4.85. The van der Waals surface area contributed by atoms with Crippen LogP contribution in [0.2, 0.25) is 0 Å². The minimum absolute atomic E-state index is 0.106. The van der Waals surface area contributed by atoms with Gasteiger partial charge in [0, 0.05) is 30.8 Å². The molecular formula is C18H19N5O2. The molecule has 1 saturated heterocycles. The molecule has 0 aliphatic carbocycles. The Morgan fingerprint density at radius 1 is 1.44 bits per heavy atom. The second kappa shape index (κ2) is 6.65. The molecule has 0 radical (unpaired) electrons. The lowest BCUT2D eigenvalue weighted by atomic mass is 10.1. The van der Waals surface area contributed by atoms with Crippen molar-refractivity contribution in [3.05, 3.63) is 51.6 Å². The molecule has 4 heterocycles. The van der Waals surface area contributed by atoms with E-state index in [1.165, 1.54) is 10.7 Å². The second-order valence-electron chi connectivity index (χ2n) is 6.41. The Balaban J connectivity index is 1.67. The fourth-order valence-corrected chi connectivity index (χ4v) is 3.60. The first-order valence-corrected chi connectivity index (χ1v) is 8.55. The molecule has 25 heavy (non-hydrogen) atoms. The highest BCUT2D eigenvalue weighted by Crippen LogP contribution is 2.30. The number of nitrogens with zero attached hydrogens (tertiary/aromatic N) is 5. The van der Waals surface area contributed by atoms with Gasteiger partial charge >= 0.3 is 0 Å². The molecule has 0 saturated carbocycles. The quantitative estimate of drug-likeness (QED) is 0.838. The maximum absolute atomic E-state index is 12.0. The standard InChI is InChI=1S/C18H19N5O2/c19-10-13-9-14-12-25-8-5-16(14)21-18(13)22-7-2-3-15(22)11-23-17(24)4-1-6-20-23/h1,4,6,9,15H,2-3,5,7-8,11-12H2. The molecule has 1 fully saturated rings. The van der Waals surface area contributed by atoms with Gasteiger partial charge in [-0.1, -0.05) is 0 Å². The van der Waals surface area contributed by atoms with Crippen LogP contribution in [0, 0.1) is 11.3 Å². The maximum Gasteiger partial charge on any atom is 0.266 e. The number of ether oxygens (including phenoxy) is 1. The topological polar surface area (TPSA) is 84.0 Å². The van der Waals surface area contributed by atoms with E-state index in [1.807, 2.05) is 6.07 Å². The van der Waals surface area contributed by atoms with Crippen LogP contribution in [0.1, 0.15) is 29.7 Å². The smallest absolute Gasteiger partial charge is 0.266 e. The van der Waals surface area contributed by atoms with Gasteiger partial charge in [-0.15, -0.1) is 0 Å². The SMILES string of the molecule is N#Cc1cc2c(nc1N1CCCC1Cn1ncccc1=O)CCOC2. The van der Waals surface area contributed by atoms with Crippen LogP contribution in [0.25, 0.3) is 0 Å². The Morgan fingerprint density at radius 3 is 3.20 bits per heavy atom. The zero-order valence-electron chi connectivity index (χ0n) is 13.9. The lowest BCUT2D eigenvalue weighted by molar-refractivity contribution is 0.109. The van der Waals surface area contributed by atoms with E-state index in [-0.39, 0.29) is 11.6 Å². The number of rotatable bonds is 3. The van der Waals surface area contributed by atoms with Crippen molar-refractivity contribution < 1.29 is 4.74 Å². The predicted molar refractivity (Wildman–Crippen MR) is 91.2 cm³/mol. The molecule has 2 aromatic heterocycles. The Bertz CT molecular complexity index is 886. The number of anilines is 1. The number of hydrogen-bond acceptors (Lipinski definition) is 6. The van der Waals surface area contributed by atoms with E-state index in [1.54, 1.807) is 12.3 Å². The monoisotopic (exact) mass is 337 g/mol. The number of nitriles is 1. The fourth-order valence-electron chi connectivity index (χ4n) is 3.60. The molecule has 0 N–H and O–H groups in total. The van der Waals surface area contributed by atoms with Crippen LogP contribution in [0.4, 0.5) is 5.82 Å². The molecular weight excluding hydrogens is 318 g/mol. The van der Waals surface area contributed by atoms with Crippen molar-refractivity contribution in [2.75, 3.05) is 18.1 Å². The lowest BCUT2D eigenvalue weighted by Crippen LogP contribution is -2.38. The molecule has 0 spiro atoms. The van der Waals surface area contributed by atoms with E-state index in [0.29, 0.717) is 25.3 Å². The van der Waals surface area contributed by atoms with Gasteiger partial charge in [-0.25, -0.2) is 9.67 Å². The Hall–Kier alpha value is -2.72. The first kappa shape index (κ1) is 15.8. The molecule has 2 aliphatic heterocycles. The molecule has 0 bridgehead atoms. The average molecular weight is 337 g/mol. The zero-order chi connectivity index (χ0) is 17.2. The van der Waals surface area contributed by atoms with Crippen molar-refractivity contribution in [2.24, 2.45) is 0 Å². The molecule has 1 unspecified atom stereocenters. The minimum atomic E-state index is -0.106. The summed E-state index contributed by atoms with van der Waals surface area (Å²) in [7, 11) is 0. The fraction of sp³-hybridized carbons (Fsp3) is 0.444. The largest absolute Gasteiger partial charge is 0.376 e. The van der Waals surface area contributed by atoms with Crippen LogP contribution in [-0.4, -0.2) is 34.0 Å². The summed E-state index contributed by atoms with van der Waals surface area (Å²) in [5, 5.41) is 13.7. The highest BCUT2D eigenvalue weighted by atomic mass is 16.5. The summed E-state index contributed by atoms with van der Waals surface area (Å²) in [6, 6.07) is 7.46. The van der Waals surface area contributed by atoms with Crippen molar-refractivity contribution in [3.63, 3.8) is 0 Å². The van der Waals surface area contributed by atoms with Crippen molar-refractivity contribution in [1.29, 1.82) is 5.26 Å². The van der Waals surface area contributed by atoms with Crippen molar-refractivity contribution in [3.8, 4) is 6.07 Å². The molecule has 7 nitrogen and oxygen atoms in total.